The number of ether oxygens (including phenoxy) is 3. The second-order valence-electron chi connectivity index (χ2n) is 8.99. The zero-order valence-electron chi connectivity index (χ0n) is 21.3. The molecular formula is C29H35N3O4. The molecule has 3 aromatic carbocycles. The fourth-order valence-electron chi connectivity index (χ4n) is 4.53. The molecule has 0 radical (unpaired) electrons. The second kappa shape index (κ2) is 12.4. The molecule has 1 amide bonds. The minimum Gasteiger partial charge on any atom is -0.493 e. The van der Waals surface area contributed by atoms with Gasteiger partial charge in [-0.2, -0.15) is 0 Å². The van der Waals surface area contributed by atoms with Gasteiger partial charge in [0.05, 0.1) is 27.8 Å². The summed E-state index contributed by atoms with van der Waals surface area (Å²) in [5.74, 6) is 1.47. The highest BCUT2D eigenvalue weighted by Gasteiger charge is 2.18. The average Bonchev–Trinajstić information content (AvgIpc) is 2.91. The molecule has 0 spiro atoms. The van der Waals surface area contributed by atoms with Crippen LogP contribution in [-0.4, -0.2) is 63.2 Å². The molecular weight excluding hydrogens is 454 g/mol. The second-order valence-corrected chi connectivity index (χ2v) is 8.99. The Hall–Kier alpha value is -3.55. The average molecular weight is 490 g/mol. The van der Waals surface area contributed by atoms with Gasteiger partial charge in [0.1, 0.15) is 0 Å². The maximum absolute atomic E-state index is 12.7. The van der Waals surface area contributed by atoms with E-state index < -0.39 is 0 Å². The number of nitrogens with one attached hydrogen (secondary N) is 1. The molecule has 1 saturated heterocycles. The number of hydrogen-bond donors (Lipinski definition) is 1. The third kappa shape index (κ3) is 6.77. The number of methoxy groups -OCH3 is 3. The van der Waals surface area contributed by atoms with E-state index in [0.717, 1.165) is 50.5 Å². The molecule has 1 heterocycles. The summed E-state index contributed by atoms with van der Waals surface area (Å²) in [6, 6.07) is 22.4. The highest BCUT2D eigenvalue weighted by Crippen LogP contribution is 2.38. The van der Waals surface area contributed by atoms with E-state index in [0.29, 0.717) is 17.2 Å². The Labute approximate surface area is 213 Å². The highest BCUT2D eigenvalue weighted by atomic mass is 16.5. The Morgan fingerprint density at radius 2 is 1.25 bits per heavy atom. The number of anilines is 1. The van der Waals surface area contributed by atoms with Gasteiger partial charge in [-0.25, -0.2) is 0 Å². The fraction of sp³-hybridized carbons (Fsp3) is 0.345. The van der Waals surface area contributed by atoms with Crippen molar-refractivity contribution in [2.45, 2.75) is 19.5 Å². The van der Waals surface area contributed by atoms with Crippen molar-refractivity contribution in [2.75, 3.05) is 52.8 Å². The lowest BCUT2D eigenvalue weighted by Crippen LogP contribution is -2.45. The van der Waals surface area contributed by atoms with E-state index in [4.69, 9.17) is 14.2 Å². The first-order chi connectivity index (χ1) is 17.6. The third-order valence-electron chi connectivity index (χ3n) is 6.45. The van der Waals surface area contributed by atoms with Crippen molar-refractivity contribution in [1.82, 2.24) is 9.80 Å². The summed E-state index contributed by atoms with van der Waals surface area (Å²) in [6.45, 7) is 6.19. The number of rotatable bonds is 10. The lowest BCUT2D eigenvalue weighted by molar-refractivity contribution is -0.115. The Kier molecular flexibility index (Phi) is 8.81. The van der Waals surface area contributed by atoms with E-state index in [-0.39, 0.29) is 12.3 Å². The highest BCUT2D eigenvalue weighted by molar-refractivity contribution is 5.92. The van der Waals surface area contributed by atoms with Crippen LogP contribution in [0.15, 0.2) is 66.7 Å². The van der Waals surface area contributed by atoms with Gasteiger partial charge in [-0.15, -0.1) is 0 Å². The number of nitrogens with zero attached hydrogens (tertiary/aromatic N) is 2. The van der Waals surface area contributed by atoms with Crippen LogP contribution in [0.5, 0.6) is 17.2 Å². The van der Waals surface area contributed by atoms with Gasteiger partial charge in [0.25, 0.3) is 0 Å². The fourth-order valence-corrected chi connectivity index (χ4v) is 4.53. The third-order valence-corrected chi connectivity index (χ3v) is 6.45. The number of amides is 1. The van der Waals surface area contributed by atoms with Gasteiger partial charge in [-0.05, 0) is 41.0 Å². The van der Waals surface area contributed by atoms with Gasteiger partial charge in [0.15, 0.2) is 11.5 Å². The van der Waals surface area contributed by atoms with Gasteiger partial charge in [-0.1, -0.05) is 42.5 Å². The number of hydrogen-bond acceptors (Lipinski definition) is 6. The molecule has 1 N–H and O–H groups in total. The molecule has 0 saturated carbocycles. The molecule has 7 heteroatoms. The van der Waals surface area contributed by atoms with Crippen molar-refractivity contribution in [3.63, 3.8) is 0 Å². The summed E-state index contributed by atoms with van der Waals surface area (Å²) in [7, 11) is 4.68. The largest absolute Gasteiger partial charge is 0.493 e. The first-order valence-corrected chi connectivity index (χ1v) is 12.2. The van der Waals surface area contributed by atoms with Crippen LogP contribution in [0.2, 0.25) is 0 Å². The minimum atomic E-state index is -0.105. The molecule has 190 valence electrons. The molecule has 1 aliphatic heterocycles. The maximum Gasteiger partial charge on any atom is 0.228 e. The maximum atomic E-state index is 12.7. The zero-order valence-corrected chi connectivity index (χ0v) is 21.3. The van der Waals surface area contributed by atoms with E-state index in [1.807, 2.05) is 12.1 Å². The molecule has 7 nitrogen and oxygen atoms in total. The standard InChI is InChI=1S/C29H35N3O4/c1-34-26-17-24(18-27(35-2)29(26)36-3)19-28(33)30-25-11-9-23(10-12-25)21-32-15-13-31(14-16-32)20-22-7-5-4-6-8-22/h4-12,17-18H,13-16,19-21H2,1-3H3,(H,30,33). The van der Waals surface area contributed by atoms with Crippen LogP contribution in [0.3, 0.4) is 0 Å². The number of benzene rings is 3. The SMILES string of the molecule is COc1cc(CC(=O)Nc2ccc(CN3CCN(Cc4ccccc4)CC3)cc2)cc(OC)c1OC. The number of carbonyl (C=O) groups excluding carboxylic acids is 1. The van der Waals surface area contributed by atoms with Crippen LogP contribution in [0.25, 0.3) is 0 Å². The minimum absolute atomic E-state index is 0.105. The van der Waals surface area contributed by atoms with Crippen LogP contribution < -0.4 is 19.5 Å². The van der Waals surface area contributed by atoms with Crippen LogP contribution in [0.4, 0.5) is 5.69 Å². The first-order valence-electron chi connectivity index (χ1n) is 12.2. The summed E-state index contributed by atoms with van der Waals surface area (Å²) in [5.41, 5.74) is 4.18. The molecule has 0 aromatic heterocycles. The lowest BCUT2D eigenvalue weighted by atomic mass is 10.1. The molecule has 0 unspecified atom stereocenters. The van der Waals surface area contributed by atoms with E-state index in [1.165, 1.54) is 11.1 Å². The molecule has 4 rings (SSSR count). The molecule has 0 aliphatic carbocycles. The molecule has 0 bridgehead atoms. The van der Waals surface area contributed by atoms with Crippen molar-refractivity contribution in [3.05, 3.63) is 83.4 Å². The smallest absolute Gasteiger partial charge is 0.228 e. The van der Waals surface area contributed by atoms with E-state index in [1.54, 1.807) is 33.5 Å². The van der Waals surface area contributed by atoms with Crippen LogP contribution >= 0.6 is 0 Å². The van der Waals surface area contributed by atoms with Crippen molar-refractivity contribution >= 4 is 11.6 Å². The van der Waals surface area contributed by atoms with E-state index >= 15 is 0 Å². The van der Waals surface area contributed by atoms with Gasteiger partial charge in [0, 0.05) is 45.0 Å². The van der Waals surface area contributed by atoms with Crippen molar-refractivity contribution in [3.8, 4) is 17.2 Å². The normalized spacial score (nSPS) is 14.3. The van der Waals surface area contributed by atoms with Crippen molar-refractivity contribution in [1.29, 1.82) is 0 Å². The van der Waals surface area contributed by atoms with Gasteiger partial charge < -0.3 is 19.5 Å². The van der Waals surface area contributed by atoms with Crippen LogP contribution in [0, 0.1) is 0 Å². The van der Waals surface area contributed by atoms with Gasteiger partial charge >= 0.3 is 0 Å². The Balaban J connectivity index is 1.26. The zero-order chi connectivity index (χ0) is 25.3. The molecule has 1 fully saturated rings. The monoisotopic (exact) mass is 489 g/mol. The van der Waals surface area contributed by atoms with E-state index in [9.17, 15) is 4.79 Å². The van der Waals surface area contributed by atoms with Gasteiger partial charge in [0.2, 0.25) is 11.7 Å². The number of carbonyl (C=O) groups is 1. The number of piperazine rings is 1. The summed E-state index contributed by atoms with van der Waals surface area (Å²) in [6.07, 6.45) is 0.200. The van der Waals surface area contributed by atoms with E-state index in [2.05, 4.69) is 57.6 Å². The first kappa shape index (κ1) is 25.5. The Morgan fingerprint density at radius 1 is 0.722 bits per heavy atom. The van der Waals surface area contributed by atoms with Crippen molar-refractivity contribution < 1.29 is 19.0 Å². The summed E-state index contributed by atoms with van der Waals surface area (Å²) in [4.78, 5) is 17.7. The van der Waals surface area contributed by atoms with Crippen LogP contribution in [-0.2, 0) is 24.3 Å². The molecule has 36 heavy (non-hydrogen) atoms. The quantitative estimate of drug-likeness (QED) is 0.460. The lowest BCUT2D eigenvalue weighted by Gasteiger charge is -2.34. The topological polar surface area (TPSA) is 63.3 Å². The van der Waals surface area contributed by atoms with Gasteiger partial charge in [-0.3, -0.25) is 14.6 Å². The molecule has 0 atom stereocenters. The molecule has 1 aliphatic rings. The Bertz CT molecular complexity index is 1100. The molecule has 3 aromatic rings. The summed E-state index contributed by atoms with van der Waals surface area (Å²) < 4.78 is 16.1. The Morgan fingerprint density at radius 3 is 1.75 bits per heavy atom. The summed E-state index contributed by atoms with van der Waals surface area (Å²) in [5, 5.41) is 2.98. The van der Waals surface area contributed by atoms with Crippen molar-refractivity contribution in [2.24, 2.45) is 0 Å². The summed E-state index contributed by atoms with van der Waals surface area (Å²) >= 11 is 0. The predicted octanol–water partition coefficient (Wildman–Crippen LogP) is 4.21. The predicted molar refractivity (Wildman–Crippen MR) is 142 cm³/mol. The van der Waals surface area contributed by atoms with Crippen LogP contribution in [0.1, 0.15) is 16.7 Å².